The Kier molecular flexibility index (Phi) is 5.62. The molecule has 0 unspecified atom stereocenters. The average Bonchev–Trinajstić information content (AvgIpc) is 3.12. The zero-order chi connectivity index (χ0) is 20.1. The quantitative estimate of drug-likeness (QED) is 0.673. The van der Waals surface area contributed by atoms with Crippen LogP contribution in [0, 0.1) is 11.5 Å². The van der Waals surface area contributed by atoms with Gasteiger partial charge in [0.15, 0.2) is 6.19 Å². The van der Waals surface area contributed by atoms with Gasteiger partial charge in [0.1, 0.15) is 5.69 Å². The van der Waals surface area contributed by atoms with Crippen molar-refractivity contribution in [3.05, 3.63) is 84.1 Å². The number of aromatic amines is 1. The summed E-state index contributed by atoms with van der Waals surface area (Å²) < 4.78 is 0. The average molecular weight is 383 g/mol. The summed E-state index contributed by atoms with van der Waals surface area (Å²) in [6, 6.07) is 21.0. The predicted octanol–water partition coefficient (Wildman–Crippen LogP) is 4.13. The van der Waals surface area contributed by atoms with Crippen LogP contribution in [0.4, 0.5) is 0 Å². The second-order valence-electron chi connectivity index (χ2n) is 7.36. The maximum Gasteiger partial charge on any atom is 0.179 e. The molecule has 0 amide bonds. The predicted molar refractivity (Wildman–Crippen MR) is 116 cm³/mol. The van der Waals surface area contributed by atoms with E-state index in [4.69, 9.17) is 5.26 Å². The fourth-order valence-corrected chi connectivity index (χ4v) is 3.81. The minimum Gasteiger partial charge on any atom is -0.368 e. The van der Waals surface area contributed by atoms with Gasteiger partial charge in [-0.3, -0.25) is 5.10 Å². The summed E-state index contributed by atoms with van der Waals surface area (Å²) in [5, 5.41) is 16.9. The Morgan fingerprint density at radius 2 is 1.83 bits per heavy atom. The second-order valence-corrected chi connectivity index (χ2v) is 7.36. The standard InChI is InChI=1S/C24H25N5/c1-19(29-13-7-12-28(18-25)14-15-29)23-17-24(27-26-23)22-11-6-5-10-21(22)16-20-8-3-2-4-9-20/h2-6,8-11,17H,1,7,12-16H2,(H,26,27). The van der Waals surface area contributed by atoms with E-state index in [-0.39, 0.29) is 0 Å². The van der Waals surface area contributed by atoms with E-state index < -0.39 is 0 Å². The third kappa shape index (κ3) is 4.33. The molecular formula is C24H25N5. The summed E-state index contributed by atoms with van der Waals surface area (Å²) in [6.07, 6.45) is 4.08. The zero-order valence-corrected chi connectivity index (χ0v) is 16.5. The first-order chi connectivity index (χ1) is 14.2. The number of hydrogen-bond acceptors (Lipinski definition) is 4. The molecule has 1 N–H and O–H groups in total. The van der Waals surface area contributed by atoms with Crippen LogP contribution in [0.5, 0.6) is 0 Å². The Hall–Kier alpha value is -3.52. The molecule has 1 aliphatic heterocycles. The number of rotatable bonds is 5. The molecule has 3 aromatic rings. The molecule has 2 aromatic carbocycles. The van der Waals surface area contributed by atoms with E-state index in [2.05, 4.69) is 82.5 Å². The van der Waals surface area contributed by atoms with Gasteiger partial charge in [-0.05, 0) is 30.0 Å². The SMILES string of the molecule is C=C(c1cc(-c2ccccc2Cc2ccccc2)[nH]n1)N1CCCN(C#N)CC1. The first kappa shape index (κ1) is 18.8. The van der Waals surface area contributed by atoms with Gasteiger partial charge in [0.2, 0.25) is 0 Å². The highest BCUT2D eigenvalue weighted by Crippen LogP contribution is 2.27. The number of nitrogens with one attached hydrogen (secondary N) is 1. The van der Waals surface area contributed by atoms with Gasteiger partial charge in [0.05, 0.1) is 11.4 Å². The summed E-state index contributed by atoms with van der Waals surface area (Å²) in [5.41, 5.74) is 6.48. The third-order valence-corrected chi connectivity index (χ3v) is 5.44. The smallest absolute Gasteiger partial charge is 0.179 e. The molecule has 146 valence electrons. The number of hydrogen-bond donors (Lipinski definition) is 1. The van der Waals surface area contributed by atoms with Crippen molar-refractivity contribution < 1.29 is 0 Å². The number of benzene rings is 2. The fraction of sp³-hybridized carbons (Fsp3) is 0.250. The first-order valence-electron chi connectivity index (χ1n) is 10.0. The maximum atomic E-state index is 9.14. The molecule has 4 rings (SSSR count). The van der Waals surface area contributed by atoms with E-state index in [1.165, 1.54) is 11.1 Å². The van der Waals surface area contributed by atoms with Crippen LogP contribution in [0.3, 0.4) is 0 Å². The summed E-state index contributed by atoms with van der Waals surface area (Å²) >= 11 is 0. The fourth-order valence-electron chi connectivity index (χ4n) is 3.81. The van der Waals surface area contributed by atoms with Crippen molar-refractivity contribution in [2.24, 2.45) is 0 Å². The van der Waals surface area contributed by atoms with Crippen molar-refractivity contribution in [1.29, 1.82) is 5.26 Å². The van der Waals surface area contributed by atoms with Crippen LogP contribution in [0.2, 0.25) is 0 Å². The van der Waals surface area contributed by atoms with E-state index >= 15 is 0 Å². The van der Waals surface area contributed by atoms with Crippen LogP contribution in [0.25, 0.3) is 17.0 Å². The van der Waals surface area contributed by atoms with Gasteiger partial charge < -0.3 is 9.80 Å². The van der Waals surface area contributed by atoms with Crippen LogP contribution < -0.4 is 0 Å². The van der Waals surface area contributed by atoms with E-state index in [0.29, 0.717) is 0 Å². The Morgan fingerprint density at radius 1 is 1.03 bits per heavy atom. The van der Waals surface area contributed by atoms with Gasteiger partial charge in [-0.1, -0.05) is 61.2 Å². The molecule has 0 radical (unpaired) electrons. The highest BCUT2D eigenvalue weighted by atomic mass is 15.2. The monoisotopic (exact) mass is 383 g/mol. The number of H-pyrrole nitrogens is 1. The van der Waals surface area contributed by atoms with Crippen LogP contribution >= 0.6 is 0 Å². The van der Waals surface area contributed by atoms with E-state index in [9.17, 15) is 0 Å². The minimum absolute atomic E-state index is 0.729. The molecular weight excluding hydrogens is 358 g/mol. The molecule has 0 atom stereocenters. The van der Waals surface area contributed by atoms with Crippen molar-refractivity contribution in [2.75, 3.05) is 26.2 Å². The topological polar surface area (TPSA) is 59.0 Å². The lowest BCUT2D eigenvalue weighted by atomic mass is 9.98. The molecule has 1 saturated heterocycles. The van der Waals surface area contributed by atoms with Gasteiger partial charge in [-0.15, -0.1) is 0 Å². The summed E-state index contributed by atoms with van der Waals surface area (Å²) in [7, 11) is 0. The highest BCUT2D eigenvalue weighted by Gasteiger charge is 2.18. The molecule has 5 heteroatoms. The minimum atomic E-state index is 0.729. The van der Waals surface area contributed by atoms with E-state index in [1.54, 1.807) is 0 Å². The summed E-state index contributed by atoms with van der Waals surface area (Å²) in [6.45, 7) is 7.50. The normalized spacial score (nSPS) is 14.3. The highest BCUT2D eigenvalue weighted by molar-refractivity contribution is 5.69. The Morgan fingerprint density at radius 3 is 2.66 bits per heavy atom. The van der Waals surface area contributed by atoms with E-state index in [0.717, 1.165) is 61.7 Å². The van der Waals surface area contributed by atoms with Crippen molar-refractivity contribution in [2.45, 2.75) is 12.8 Å². The van der Waals surface area contributed by atoms with E-state index in [1.807, 2.05) is 11.0 Å². The summed E-state index contributed by atoms with van der Waals surface area (Å²) in [4.78, 5) is 4.04. The molecule has 2 heterocycles. The largest absolute Gasteiger partial charge is 0.368 e. The molecule has 0 saturated carbocycles. The van der Waals surface area contributed by atoms with Gasteiger partial charge in [0, 0.05) is 31.7 Å². The lowest BCUT2D eigenvalue weighted by molar-refractivity contribution is 0.385. The van der Waals surface area contributed by atoms with Gasteiger partial charge in [-0.25, -0.2) is 0 Å². The first-order valence-corrected chi connectivity index (χ1v) is 10.0. The van der Waals surface area contributed by atoms with Crippen LogP contribution in [0.15, 0.2) is 67.2 Å². The Labute approximate surface area is 171 Å². The molecule has 0 aliphatic carbocycles. The maximum absolute atomic E-state index is 9.14. The third-order valence-electron chi connectivity index (χ3n) is 5.44. The van der Waals surface area contributed by atoms with Crippen molar-refractivity contribution in [3.8, 4) is 17.5 Å². The molecule has 29 heavy (non-hydrogen) atoms. The van der Waals surface area contributed by atoms with Gasteiger partial charge in [0.25, 0.3) is 0 Å². The van der Waals surface area contributed by atoms with Crippen molar-refractivity contribution in [1.82, 2.24) is 20.0 Å². The molecule has 0 bridgehead atoms. The van der Waals surface area contributed by atoms with Crippen molar-refractivity contribution >= 4 is 5.70 Å². The van der Waals surface area contributed by atoms with Crippen LogP contribution in [0.1, 0.15) is 23.2 Å². The van der Waals surface area contributed by atoms with Gasteiger partial charge >= 0.3 is 0 Å². The molecule has 0 spiro atoms. The van der Waals surface area contributed by atoms with Crippen LogP contribution in [-0.2, 0) is 6.42 Å². The van der Waals surface area contributed by atoms with Crippen LogP contribution in [-0.4, -0.2) is 46.2 Å². The van der Waals surface area contributed by atoms with Crippen molar-refractivity contribution in [3.63, 3.8) is 0 Å². The molecule has 1 aromatic heterocycles. The molecule has 1 aliphatic rings. The Balaban J connectivity index is 1.54. The van der Waals surface area contributed by atoms with Gasteiger partial charge in [-0.2, -0.15) is 10.4 Å². The number of nitrogens with zero attached hydrogens (tertiary/aromatic N) is 4. The second kappa shape index (κ2) is 8.66. The lowest BCUT2D eigenvalue weighted by Crippen LogP contribution is -2.27. The summed E-state index contributed by atoms with van der Waals surface area (Å²) in [5.74, 6) is 0. The molecule has 1 fully saturated rings. The number of nitriles is 1. The number of aromatic nitrogens is 2. The lowest BCUT2D eigenvalue weighted by Gasteiger charge is -2.23. The molecule has 5 nitrogen and oxygen atoms in total. The Bertz CT molecular complexity index is 1020. The zero-order valence-electron chi connectivity index (χ0n) is 16.5.